The smallest absolute Gasteiger partial charge is 0.283 e. The molecule has 1 amide bonds. The molecule has 2 aliphatic heterocycles. The van der Waals surface area contributed by atoms with Crippen LogP contribution >= 0.6 is 23.4 Å². The number of rotatable bonds is 3. The molecule has 8 heteroatoms. The van der Waals surface area contributed by atoms with Crippen molar-refractivity contribution < 1.29 is 4.79 Å². The number of carbonyl (C=O) groups is 1. The number of thioether (sulfide) groups is 1. The number of aliphatic imine (C=N–C) groups is 1. The van der Waals surface area contributed by atoms with Crippen LogP contribution < -0.4 is 0 Å². The van der Waals surface area contributed by atoms with E-state index in [0.29, 0.717) is 10.7 Å². The first-order valence-corrected chi connectivity index (χ1v) is 10.8. The number of benzene rings is 2. The molecule has 1 N–H and O–H groups in total. The van der Waals surface area contributed by atoms with Gasteiger partial charge in [0, 0.05) is 16.7 Å². The number of amidine groups is 2. The molecular formula is C23H16ClN5OS. The van der Waals surface area contributed by atoms with Gasteiger partial charge in [0.05, 0.1) is 17.0 Å². The van der Waals surface area contributed by atoms with Crippen molar-refractivity contribution in [3.05, 3.63) is 93.6 Å². The highest BCUT2D eigenvalue weighted by Crippen LogP contribution is 2.37. The third kappa shape index (κ3) is 3.32. The third-order valence-corrected chi connectivity index (χ3v) is 6.20. The van der Waals surface area contributed by atoms with Gasteiger partial charge in [-0.2, -0.15) is 10.1 Å². The van der Waals surface area contributed by atoms with Crippen LogP contribution in [-0.2, 0) is 4.79 Å². The zero-order valence-corrected chi connectivity index (χ0v) is 18.0. The number of nitrogens with one attached hydrogen (secondary N) is 1. The van der Waals surface area contributed by atoms with E-state index in [0.717, 1.165) is 22.6 Å². The molecule has 0 saturated heterocycles. The van der Waals surface area contributed by atoms with Crippen molar-refractivity contribution in [3.8, 4) is 5.69 Å². The van der Waals surface area contributed by atoms with E-state index < -0.39 is 5.91 Å². The zero-order valence-electron chi connectivity index (χ0n) is 16.4. The first-order valence-electron chi connectivity index (χ1n) is 9.51. The Morgan fingerprint density at radius 1 is 1.06 bits per heavy atom. The monoisotopic (exact) mass is 445 g/mol. The average molecular weight is 446 g/mol. The van der Waals surface area contributed by atoms with E-state index >= 15 is 0 Å². The fraction of sp³-hybridized carbons (Fsp3) is 0.0435. The SMILES string of the molecule is Cc1c(C=C2C(=N)N3C(c4ccccc4)=CSC3=NC2=O)c(Cl)nn1-c1ccccc1. The number of para-hydroxylation sites is 1. The maximum absolute atomic E-state index is 12.8. The first-order chi connectivity index (χ1) is 15.0. The molecule has 2 aliphatic rings. The molecule has 0 aliphatic carbocycles. The number of fused-ring (bicyclic) bond motifs is 1. The summed E-state index contributed by atoms with van der Waals surface area (Å²) in [6, 6.07) is 19.4. The molecule has 0 radical (unpaired) electrons. The number of aromatic nitrogens is 2. The Labute approximate surface area is 188 Å². The second kappa shape index (κ2) is 7.68. The van der Waals surface area contributed by atoms with Crippen LogP contribution in [0.4, 0.5) is 0 Å². The number of hydrogen-bond donors (Lipinski definition) is 1. The van der Waals surface area contributed by atoms with Crippen molar-refractivity contribution in [2.24, 2.45) is 4.99 Å². The quantitative estimate of drug-likeness (QED) is 0.566. The predicted octanol–water partition coefficient (Wildman–Crippen LogP) is 5.14. The topological polar surface area (TPSA) is 74.3 Å². The Kier molecular flexibility index (Phi) is 4.84. The number of hydrogen-bond acceptors (Lipinski definition) is 4. The molecule has 152 valence electrons. The summed E-state index contributed by atoms with van der Waals surface area (Å²) in [7, 11) is 0. The van der Waals surface area contributed by atoms with Crippen LogP contribution in [0.25, 0.3) is 17.5 Å². The molecule has 1 aromatic heterocycles. The van der Waals surface area contributed by atoms with E-state index in [4.69, 9.17) is 17.0 Å². The Morgan fingerprint density at radius 3 is 2.45 bits per heavy atom. The highest BCUT2D eigenvalue weighted by atomic mass is 35.5. The van der Waals surface area contributed by atoms with Crippen molar-refractivity contribution in [2.75, 3.05) is 0 Å². The summed E-state index contributed by atoms with van der Waals surface area (Å²) >= 11 is 7.76. The van der Waals surface area contributed by atoms with E-state index in [-0.39, 0.29) is 16.6 Å². The molecule has 0 saturated carbocycles. The van der Waals surface area contributed by atoms with E-state index in [1.165, 1.54) is 11.8 Å². The van der Waals surface area contributed by atoms with Gasteiger partial charge >= 0.3 is 0 Å². The molecular weight excluding hydrogens is 430 g/mol. The Balaban J connectivity index is 1.56. The van der Waals surface area contributed by atoms with E-state index in [2.05, 4.69) is 10.1 Å². The van der Waals surface area contributed by atoms with Crippen molar-refractivity contribution in [2.45, 2.75) is 6.92 Å². The summed E-state index contributed by atoms with van der Waals surface area (Å²) in [6.45, 7) is 1.88. The van der Waals surface area contributed by atoms with Gasteiger partial charge in [0.1, 0.15) is 5.84 Å². The lowest BCUT2D eigenvalue weighted by atomic mass is 10.1. The summed E-state index contributed by atoms with van der Waals surface area (Å²) in [6.07, 6.45) is 1.61. The zero-order chi connectivity index (χ0) is 21.5. The maximum atomic E-state index is 12.8. The molecule has 0 unspecified atom stereocenters. The van der Waals surface area contributed by atoms with E-state index in [1.54, 1.807) is 15.7 Å². The van der Waals surface area contributed by atoms with Gasteiger partial charge in [-0.15, -0.1) is 0 Å². The minimum Gasteiger partial charge on any atom is -0.283 e. The van der Waals surface area contributed by atoms with Gasteiger partial charge < -0.3 is 0 Å². The summed E-state index contributed by atoms with van der Waals surface area (Å²) in [5, 5.41) is 15.8. The fourth-order valence-electron chi connectivity index (χ4n) is 3.52. The van der Waals surface area contributed by atoms with Gasteiger partial charge in [-0.1, -0.05) is 71.9 Å². The Morgan fingerprint density at radius 2 is 1.74 bits per heavy atom. The Bertz CT molecular complexity index is 1310. The van der Waals surface area contributed by atoms with Crippen LogP contribution in [-0.4, -0.2) is 31.6 Å². The molecule has 0 spiro atoms. The highest BCUT2D eigenvalue weighted by Gasteiger charge is 2.36. The van der Waals surface area contributed by atoms with Gasteiger partial charge in [-0.3, -0.25) is 15.1 Å². The van der Waals surface area contributed by atoms with E-state index in [1.807, 2.05) is 73.0 Å². The van der Waals surface area contributed by atoms with Gasteiger partial charge in [0.25, 0.3) is 5.91 Å². The van der Waals surface area contributed by atoms with Crippen LogP contribution in [0.3, 0.4) is 0 Å². The van der Waals surface area contributed by atoms with Crippen LogP contribution in [0.2, 0.25) is 5.15 Å². The summed E-state index contributed by atoms with van der Waals surface area (Å²) < 4.78 is 1.72. The van der Waals surface area contributed by atoms with Gasteiger partial charge in [0.2, 0.25) is 0 Å². The number of halogens is 1. The number of nitrogens with zero attached hydrogens (tertiary/aromatic N) is 4. The van der Waals surface area contributed by atoms with Crippen LogP contribution in [0.5, 0.6) is 0 Å². The summed E-state index contributed by atoms with van der Waals surface area (Å²) in [4.78, 5) is 18.7. The number of amides is 1. The minimum atomic E-state index is -0.464. The van der Waals surface area contributed by atoms with Crippen LogP contribution in [0, 0.1) is 12.3 Å². The standard InChI is InChI=1S/C23H16ClN5OS/c1-14-17(20(24)27-29(14)16-10-6-3-7-11-16)12-18-21(25)28-19(15-8-4-2-5-9-15)13-31-23(28)26-22(18)30/h2-13,25H,1H3. The summed E-state index contributed by atoms with van der Waals surface area (Å²) in [5.41, 5.74) is 4.16. The van der Waals surface area contributed by atoms with E-state index in [9.17, 15) is 4.79 Å². The Hall–Kier alpha value is -3.42. The van der Waals surface area contributed by atoms with Crippen molar-refractivity contribution >= 4 is 52.0 Å². The largest absolute Gasteiger partial charge is 0.283 e. The van der Waals surface area contributed by atoms with Crippen molar-refractivity contribution in [3.63, 3.8) is 0 Å². The molecule has 2 aromatic carbocycles. The lowest BCUT2D eigenvalue weighted by Crippen LogP contribution is -2.38. The summed E-state index contributed by atoms with van der Waals surface area (Å²) in [5.74, 6) is -0.396. The normalized spacial score (nSPS) is 17.1. The van der Waals surface area contributed by atoms with Gasteiger partial charge in [-0.25, -0.2) is 4.68 Å². The molecule has 0 fully saturated rings. The highest BCUT2D eigenvalue weighted by molar-refractivity contribution is 8.17. The first kappa shape index (κ1) is 19.5. The minimum absolute atomic E-state index is 0.0676. The molecule has 0 atom stereocenters. The third-order valence-electron chi connectivity index (χ3n) is 5.09. The van der Waals surface area contributed by atoms with Crippen molar-refractivity contribution in [1.82, 2.24) is 14.7 Å². The predicted molar refractivity (Wildman–Crippen MR) is 125 cm³/mol. The number of carbonyl (C=O) groups excluding carboxylic acids is 1. The lowest BCUT2D eigenvalue weighted by molar-refractivity contribution is -0.114. The fourth-order valence-corrected chi connectivity index (χ4v) is 4.68. The molecule has 3 heterocycles. The molecule has 6 nitrogen and oxygen atoms in total. The van der Waals surface area contributed by atoms with Crippen molar-refractivity contribution in [1.29, 1.82) is 5.41 Å². The maximum Gasteiger partial charge on any atom is 0.283 e. The second-order valence-corrected chi connectivity index (χ2v) is 8.16. The average Bonchev–Trinajstić information content (AvgIpc) is 3.33. The van der Waals surface area contributed by atoms with Crippen LogP contribution in [0.15, 0.2) is 76.6 Å². The van der Waals surface area contributed by atoms with Crippen LogP contribution in [0.1, 0.15) is 16.8 Å². The molecule has 3 aromatic rings. The van der Waals surface area contributed by atoms with Gasteiger partial charge in [0.15, 0.2) is 10.3 Å². The molecule has 31 heavy (non-hydrogen) atoms. The lowest BCUT2D eigenvalue weighted by Gasteiger charge is -2.26. The molecule has 0 bridgehead atoms. The molecule has 5 rings (SSSR count). The second-order valence-electron chi connectivity index (χ2n) is 6.97. The van der Waals surface area contributed by atoms with Gasteiger partial charge in [-0.05, 0) is 30.7 Å².